The molecule has 0 fully saturated rings. The van der Waals surface area contributed by atoms with E-state index in [1.54, 1.807) is 6.08 Å². The van der Waals surface area contributed by atoms with Crippen LogP contribution in [0.3, 0.4) is 0 Å². The second-order valence-electron chi connectivity index (χ2n) is 1.81. The van der Waals surface area contributed by atoms with Crippen molar-refractivity contribution in [1.82, 2.24) is 0 Å². The standard InChI is InChI=1S/C9H9.K/c1-2-6-9-7-4-3-5-8-9;/h2-8H,1H2;/q;+1. The van der Waals surface area contributed by atoms with E-state index in [-0.39, 0.29) is 51.4 Å². The zero-order chi connectivity index (χ0) is 6.53. The van der Waals surface area contributed by atoms with Crippen molar-refractivity contribution in [1.29, 1.82) is 0 Å². The fourth-order valence-electron chi connectivity index (χ4n) is 0.700. The number of benzene rings is 1. The van der Waals surface area contributed by atoms with Gasteiger partial charge in [0.1, 0.15) is 0 Å². The SMILES string of the molecule is C=C[CH]c1ccccc1.[K+]. The third-order valence-electron chi connectivity index (χ3n) is 1.11. The first-order valence-electron chi connectivity index (χ1n) is 2.94. The molecular weight excluding hydrogens is 147 g/mol. The molecule has 1 heteroatoms. The molecule has 0 aliphatic carbocycles. The maximum Gasteiger partial charge on any atom is 1.00 e. The monoisotopic (exact) mass is 156 g/mol. The summed E-state index contributed by atoms with van der Waals surface area (Å²) < 4.78 is 0. The second kappa shape index (κ2) is 6.32. The van der Waals surface area contributed by atoms with E-state index in [4.69, 9.17) is 0 Å². The largest absolute Gasteiger partial charge is 1.00 e. The summed E-state index contributed by atoms with van der Waals surface area (Å²) >= 11 is 0. The van der Waals surface area contributed by atoms with Crippen LogP contribution in [0.4, 0.5) is 0 Å². The Kier molecular flexibility index (Phi) is 6.69. The summed E-state index contributed by atoms with van der Waals surface area (Å²) in [6, 6.07) is 10.1. The summed E-state index contributed by atoms with van der Waals surface area (Å²) in [5, 5.41) is 0. The van der Waals surface area contributed by atoms with E-state index in [1.807, 2.05) is 36.8 Å². The van der Waals surface area contributed by atoms with Gasteiger partial charge < -0.3 is 0 Å². The third-order valence-corrected chi connectivity index (χ3v) is 1.11. The molecule has 0 amide bonds. The summed E-state index contributed by atoms with van der Waals surface area (Å²) in [5.41, 5.74) is 1.20. The van der Waals surface area contributed by atoms with Crippen LogP contribution in [0.15, 0.2) is 43.0 Å². The molecule has 10 heavy (non-hydrogen) atoms. The van der Waals surface area contributed by atoms with Crippen LogP contribution in [0.5, 0.6) is 0 Å². The smallest absolute Gasteiger partial charge is 0.102 e. The van der Waals surface area contributed by atoms with Gasteiger partial charge in [-0.1, -0.05) is 36.4 Å². The average Bonchev–Trinajstić information content (AvgIpc) is 1.91. The molecule has 1 radical (unpaired) electrons. The Morgan fingerprint density at radius 2 is 1.70 bits per heavy atom. The van der Waals surface area contributed by atoms with Crippen molar-refractivity contribution in [2.24, 2.45) is 0 Å². The Morgan fingerprint density at radius 1 is 1.10 bits per heavy atom. The van der Waals surface area contributed by atoms with E-state index < -0.39 is 0 Å². The van der Waals surface area contributed by atoms with Crippen LogP contribution in [0.25, 0.3) is 0 Å². The first kappa shape index (κ1) is 10.6. The van der Waals surface area contributed by atoms with Gasteiger partial charge in [0.2, 0.25) is 0 Å². The minimum atomic E-state index is 0. The average molecular weight is 156 g/mol. The van der Waals surface area contributed by atoms with Gasteiger partial charge in [0.25, 0.3) is 0 Å². The molecule has 0 bridgehead atoms. The van der Waals surface area contributed by atoms with Crippen LogP contribution in [0.1, 0.15) is 5.56 Å². The van der Waals surface area contributed by atoms with Crippen LogP contribution in [0.2, 0.25) is 0 Å². The number of hydrogen-bond donors (Lipinski definition) is 0. The van der Waals surface area contributed by atoms with Crippen molar-refractivity contribution in [3.05, 3.63) is 55.0 Å². The zero-order valence-corrected chi connectivity index (χ0v) is 9.37. The Balaban J connectivity index is 0.000000810. The number of hydrogen-bond acceptors (Lipinski definition) is 0. The molecule has 0 aliphatic rings. The van der Waals surface area contributed by atoms with Gasteiger partial charge in [-0.2, -0.15) is 0 Å². The van der Waals surface area contributed by atoms with Gasteiger partial charge >= 0.3 is 51.4 Å². The zero-order valence-electron chi connectivity index (χ0n) is 6.25. The molecule has 0 nitrogen and oxygen atoms in total. The Bertz CT molecular complexity index is 179. The molecule has 0 unspecified atom stereocenters. The van der Waals surface area contributed by atoms with Crippen molar-refractivity contribution in [2.45, 2.75) is 0 Å². The Hall–Kier alpha value is 0.596. The van der Waals surface area contributed by atoms with Gasteiger partial charge in [-0.3, -0.25) is 0 Å². The van der Waals surface area contributed by atoms with Crippen LogP contribution < -0.4 is 51.4 Å². The normalized spacial score (nSPS) is 8.00. The van der Waals surface area contributed by atoms with E-state index in [9.17, 15) is 0 Å². The van der Waals surface area contributed by atoms with E-state index in [0.29, 0.717) is 0 Å². The maximum absolute atomic E-state index is 3.60. The predicted octanol–water partition coefficient (Wildman–Crippen LogP) is -0.571. The van der Waals surface area contributed by atoms with Crippen molar-refractivity contribution in [3.8, 4) is 0 Å². The van der Waals surface area contributed by atoms with Crippen LogP contribution in [-0.4, -0.2) is 0 Å². The van der Waals surface area contributed by atoms with Crippen LogP contribution in [-0.2, 0) is 0 Å². The molecule has 0 atom stereocenters. The van der Waals surface area contributed by atoms with Gasteiger partial charge in [0, 0.05) is 6.42 Å². The minimum absolute atomic E-state index is 0. The van der Waals surface area contributed by atoms with Gasteiger partial charge in [-0.25, -0.2) is 0 Å². The quantitative estimate of drug-likeness (QED) is 0.503. The van der Waals surface area contributed by atoms with Crippen molar-refractivity contribution in [2.75, 3.05) is 0 Å². The first-order valence-corrected chi connectivity index (χ1v) is 2.94. The van der Waals surface area contributed by atoms with Gasteiger partial charge in [-0.15, -0.1) is 6.58 Å². The van der Waals surface area contributed by atoms with Gasteiger partial charge in [-0.05, 0) is 5.56 Å². The summed E-state index contributed by atoms with van der Waals surface area (Å²) in [7, 11) is 0. The topological polar surface area (TPSA) is 0 Å². The molecule has 0 spiro atoms. The van der Waals surface area contributed by atoms with E-state index in [1.165, 1.54) is 5.56 Å². The van der Waals surface area contributed by atoms with Crippen molar-refractivity contribution in [3.63, 3.8) is 0 Å². The molecule has 1 aromatic rings. The number of allylic oxidation sites excluding steroid dienone is 1. The van der Waals surface area contributed by atoms with Crippen molar-refractivity contribution >= 4 is 0 Å². The third kappa shape index (κ3) is 3.69. The maximum atomic E-state index is 3.60. The summed E-state index contributed by atoms with van der Waals surface area (Å²) in [5.74, 6) is 0. The molecule has 0 aliphatic heterocycles. The summed E-state index contributed by atoms with van der Waals surface area (Å²) in [6.07, 6.45) is 3.76. The fourth-order valence-corrected chi connectivity index (χ4v) is 0.700. The number of rotatable bonds is 2. The molecule has 0 N–H and O–H groups in total. The van der Waals surface area contributed by atoms with E-state index in [2.05, 4.69) is 6.58 Å². The molecule has 45 valence electrons. The molecule has 0 heterocycles. The van der Waals surface area contributed by atoms with E-state index in [0.717, 1.165) is 0 Å². The summed E-state index contributed by atoms with van der Waals surface area (Å²) in [6.45, 7) is 3.60. The Morgan fingerprint density at radius 3 is 2.20 bits per heavy atom. The van der Waals surface area contributed by atoms with Gasteiger partial charge in [0.15, 0.2) is 0 Å². The predicted molar refractivity (Wildman–Crippen MR) is 40.0 cm³/mol. The molecule has 1 aromatic carbocycles. The van der Waals surface area contributed by atoms with Crippen molar-refractivity contribution < 1.29 is 51.4 Å². The molecule has 0 aromatic heterocycles. The molecule has 0 saturated heterocycles. The second-order valence-corrected chi connectivity index (χ2v) is 1.81. The van der Waals surface area contributed by atoms with Gasteiger partial charge in [0.05, 0.1) is 0 Å². The Labute approximate surface area is 105 Å². The molecular formula is C9H9K+. The van der Waals surface area contributed by atoms with Crippen LogP contribution >= 0.6 is 0 Å². The first-order chi connectivity index (χ1) is 4.43. The molecule has 1 rings (SSSR count). The fraction of sp³-hybridized carbons (Fsp3) is 0. The summed E-state index contributed by atoms with van der Waals surface area (Å²) in [4.78, 5) is 0. The van der Waals surface area contributed by atoms with Crippen LogP contribution in [0, 0.1) is 6.42 Å². The minimum Gasteiger partial charge on any atom is -0.102 e. The molecule has 0 saturated carbocycles. The van der Waals surface area contributed by atoms with E-state index >= 15 is 0 Å².